The van der Waals surface area contributed by atoms with Gasteiger partial charge in [0.15, 0.2) is 0 Å². The molecule has 1 fully saturated rings. The zero-order valence-corrected chi connectivity index (χ0v) is 16.8. The maximum absolute atomic E-state index is 12.4. The van der Waals surface area contributed by atoms with Crippen LogP contribution in [0.4, 0.5) is 0 Å². The van der Waals surface area contributed by atoms with Gasteiger partial charge in [-0.3, -0.25) is 14.3 Å². The van der Waals surface area contributed by atoms with Gasteiger partial charge < -0.3 is 10.6 Å². The van der Waals surface area contributed by atoms with E-state index in [1.165, 1.54) is 19.3 Å². The van der Waals surface area contributed by atoms with E-state index in [0.29, 0.717) is 31.1 Å². The van der Waals surface area contributed by atoms with Gasteiger partial charge in [-0.2, -0.15) is 5.10 Å². The number of nitrogens with one attached hydrogen (secondary N) is 2. The summed E-state index contributed by atoms with van der Waals surface area (Å²) in [5.74, 6) is -0.133. The van der Waals surface area contributed by atoms with Gasteiger partial charge in [0.05, 0.1) is 12.2 Å². The van der Waals surface area contributed by atoms with E-state index in [9.17, 15) is 9.59 Å². The SMILES string of the molecule is Cc1cc(C)n(Cc2cccc(C(=O)NCCC(=O)NC3CCCCC3)c2)n1. The Hall–Kier alpha value is -2.63. The first kappa shape index (κ1) is 20.1. The van der Waals surface area contributed by atoms with Crippen LogP contribution in [0.25, 0.3) is 0 Å². The summed E-state index contributed by atoms with van der Waals surface area (Å²) in [4.78, 5) is 24.5. The molecule has 6 nitrogen and oxygen atoms in total. The number of carbonyl (C=O) groups excluding carboxylic acids is 2. The topological polar surface area (TPSA) is 76.0 Å². The molecule has 0 spiro atoms. The van der Waals surface area contributed by atoms with E-state index in [2.05, 4.69) is 15.7 Å². The van der Waals surface area contributed by atoms with Crippen molar-refractivity contribution in [2.45, 2.75) is 65.0 Å². The van der Waals surface area contributed by atoms with Gasteiger partial charge in [0, 0.05) is 30.3 Å². The molecule has 3 rings (SSSR count). The molecule has 0 radical (unpaired) electrons. The monoisotopic (exact) mass is 382 g/mol. The molecule has 0 unspecified atom stereocenters. The summed E-state index contributed by atoms with van der Waals surface area (Å²) in [5, 5.41) is 10.4. The maximum atomic E-state index is 12.4. The van der Waals surface area contributed by atoms with E-state index in [0.717, 1.165) is 29.8 Å². The van der Waals surface area contributed by atoms with Crippen LogP contribution in [0.3, 0.4) is 0 Å². The van der Waals surface area contributed by atoms with Crippen LogP contribution in [-0.4, -0.2) is 34.2 Å². The van der Waals surface area contributed by atoms with Gasteiger partial charge in [0.2, 0.25) is 5.91 Å². The molecule has 1 saturated carbocycles. The third-order valence-electron chi connectivity index (χ3n) is 5.23. The molecule has 150 valence electrons. The van der Waals surface area contributed by atoms with Gasteiger partial charge in [-0.25, -0.2) is 0 Å². The summed E-state index contributed by atoms with van der Waals surface area (Å²) >= 11 is 0. The fourth-order valence-electron chi connectivity index (χ4n) is 3.76. The fourth-order valence-corrected chi connectivity index (χ4v) is 3.76. The predicted molar refractivity (Wildman–Crippen MR) is 109 cm³/mol. The second-order valence-electron chi connectivity index (χ2n) is 7.69. The summed E-state index contributed by atoms with van der Waals surface area (Å²) in [7, 11) is 0. The molecular weight excluding hydrogens is 352 g/mol. The van der Waals surface area contributed by atoms with Crippen molar-refractivity contribution >= 4 is 11.8 Å². The second kappa shape index (κ2) is 9.53. The minimum absolute atomic E-state index is 0.0190. The van der Waals surface area contributed by atoms with Gasteiger partial charge in [0.25, 0.3) is 5.91 Å². The van der Waals surface area contributed by atoms with Crippen LogP contribution < -0.4 is 10.6 Å². The molecule has 1 heterocycles. The largest absolute Gasteiger partial charge is 0.353 e. The average Bonchev–Trinajstić information content (AvgIpc) is 2.99. The van der Waals surface area contributed by atoms with Crippen molar-refractivity contribution in [2.24, 2.45) is 0 Å². The van der Waals surface area contributed by atoms with Crippen LogP contribution in [-0.2, 0) is 11.3 Å². The molecule has 1 aliphatic rings. The van der Waals surface area contributed by atoms with Crippen molar-refractivity contribution in [1.82, 2.24) is 20.4 Å². The highest BCUT2D eigenvalue weighted by molar-refractivity contribution is 5.94. The van der Waals surface area contributed by atoms with Crippen molar-refractivity contribution in [3.05, 3.63) is 52.8 Å². The number of aromatic nitrogens is 2. The Morgan fingerprint density at radius 1 is 1.14 bits per heavy atom. The molecule has 28 heavy (non-hydrogen) atoms. The Bertz CT molecular complexity index is 822. The number of benzene rings is 1. The maximum Gasteiger partial charge on any atom is 0.251 e. The van der Waals surface area contributed by atoms with E-state index in [-0.39, 0.29) is 11.8 Å². The molecule has 2 amide bonds. The van der Waals surface area contributed by atoms with Gasteiger partial charge >= 0.3 is 0 Å². The molecular formula is C22H30N4O2. The van der Waals surface area contributed by atoms with Gasteiger partial charge in [-0.05, 0) is 50.5 Å². The normalized spacial score (nSPS) is 14.6. The van der Waals surface area contributed by atoms with Gasteiger partial charge in [-0.15, -0.1) is 0 Å². The van der Waals surface area contributed by atoms with Crippen LogP contribution in [0.5, 0.6) is 0 Å². The summed E-state index contributed by atoms with van der Waals surface area (Å²) in [5.41, 5.74) is 3.70. The van der Waals surface area contributed by atoms with E-state index in [1.54, 1.807) is 6.07 Å². The molecule has 0 atom stereocenters. The third-order valence-corrected chi connectivity index (χ3v) is 5.23. The lowest BCUT2D eigenvalue weighted by atomic mass is 9.95. The Balaban J connectivity index is 1.47. The molecule has 1 aromatic carbocycles. The van der Waals surface area contributed by atoms with Crippen molar-refractivity contribution in [3.8, 4) is 0 Å². The van der Waals surface area contributed by atoms with Crippen molar-refractivity contribution in [2.75, 3.05) is 6.54 Å². The molecule has 6 heteroatoms. The first-order chi connectivity index (χ1) is 13.5. The number of hydrogen-bond donors (Lipinski definition) is 2. The zero-order valence-electron chi connectivity index (χ0n) is 16.8. The highest BCUT2D eigenvalue weighted by Crippen LogP contribution is 2.17. The molecule has 2 aromatic rings. The van der Waals surface area contributed by atoms with Crippen molar-refractivity contribution < 1.29 is 9.59 Å². The average molecular weight is 383 g/mol. The van der Waals surface area contributed by atoms with E-state index < -0.39 is 0 Å². The number of rotatable bonds is 7. The molecule has 0 aliphatic heterocycles. The third kappa shape index (κ3) is 5.68. The Labute approximate surface area is 166 Å². The Kier molecular flexibility index (Phi) is 6.85. The molecule has 1 aliphatic carbocycles. The highest BCUT2D eigenvalue weighted by Gasteiger charge is 2.15. The fraction of sp³-hybridized carbons (Fsp3) is 0.500. The standard InChI is InChI=1S/C22H30N4O2/c1-16-13-17(2)26(25-16)15-18-7-6-8-19(14-18)22(28)23-12-11-21(27)24-20-9-4-3-5-10-20/h6-8,13-14,20H,3-5,9-12,15H2,1-2H3,(H,23,28)(H,24,27). The quantitative estimate of drug-likeness (QED) is 0.772. The van der Waals surface area contributed by atoms with E-state index in [1.807, 2.05) is 42.8 Å². The number of nitrogens with zero attached hydrogens (tertiary/aromatic N) is 2. The van der Waals surface area contributed by atoms with Crippen LogP contribution >= 0.6 is 0 Å². The van der Waals surface area contributed by atoms with Crippen LogP contribution in [0.1, 0.15) is 65.8 Å². The van der Waals surface area contributed by atoms with Crippen LogP contribution in [0.2, 0.25) is 0 Å². The minimum Gasteiger partial charge on any atom is -0.353 e. The molecule has 0 saturated heterocycles. The first-order valence-corrected chi connectivity index (χ1v) is 10.2. The number of hydrogen-bond acceptors (Lipinski definition) is 3. The Morgan fingerprint density at radius 3 is 2.64 bits per heavy atom. The van der Waals surface area contributed by atoms with Gasteiger partial charge in [-0.1, -0.05) is 31.4 Å². The minimum atomic E-state index is -0.152. The lowest BCUT2D eigenvalue weighted by molar-refractivity contribution is -0.121. The van der Waals surface area contributed by atoms with Gasteiger partial charge in [0.1, 0.15) is 0 Å². The summed E-state index contributed by atoms with van der Waals surface area (Å²) in [6.45, 7) is 4.97. The molecule has 1 aromatic heterocycles. The van der Waals surface area contributed by atoms with Crippen LogP contribution in [0.15, 0.2) is 30.3 Å². The van der Waals surface area contributed by atoms with Crippen LogP contribution in [0, 0.1) is 13.8 Å². The van der Waals surface area contributed by atoms with E-state index in [4.69, 9.17) is 0 Å². The van der Waals surface area contributed by atoms with Crippen molar-refractivity contribution in [3.63, 3.8) is 0 Å². The first-order valence-electron chi connectivity index (χ1n) is 10.2. The Morgan fingerprint density at radius 2 is 1.93 bits per heavy atom. The summed E-state index contributed by atoms with van der Waals surface area (Å²) < 4.78 is 1.93. The summed E-state index contributed by atoms with van der Waals surface area (Å²) in [6.07, 6.45) is 6.10. The number of carbonyl (C=O) groups is 2. The summed E-state index contributed by atoms with van der Waals surface area (Å²) in [6, 6.07) is 9.89. The second-order valence-corrected chi connectivity index (χ2v) is 7.69. The predicted octanol–water partition coefficient (Wildman–Crippen LogP) is 3.12. The number of amides is 2. The van der Waals surface area contributed by atoms with E-state index >= 15 is 0 Å². The van der Waals surface area contributed by atoms with Crippen molar-refractivity contribution in [1.29, 1.82) is 0 Å². The smallest absolute Gasteiger partial charge is 0.251 e. The zero-order chi connectivity index (χ0) is 19.9. The lowest BCUT2D eigenvalue weighted by Gasteiger charge is -2.22. The molecule has 2 N–H and O–H groups in total. The lowest BCUT2D eigenvalue weighted by Crippen LogP contribution is -2.38. The molecule has 0 bridgehead atoms. The highest BCUT2D eigenvalue weighted by atomic mass is 16.2. The number of aryl methyl sites for hydroxylation is 2.